The molecular formula is C17H22N6. The van der Waals surface area contributed by atoms with Crippen LogP contribution in [-0.4, -0.2) is 47.2 Å². The average Bonchev–Trinajstić information content (AvgIpc) is 3.39. The summed E-state index contributed by atoms with van der Waals surface area (Å²) in [6.45, 7) is 5.87. The largest absolute Gasteiger partial charge is 0.353 e. The summed E-state index contributed by atoms with van der Waals surface area (Å²) in [6.07, 6.45) is 4.32. The molecule has 120 valence electrons. The Balaban J connectivity index is 1.44. The molecule has 3 heterocycles. The van der Waals surface area contributed by atoms with Gasteiger partial charge in [0.05, 0.1) is 0 Å². The number of nitrogens with zero attached hydrogens (tertiary/aromatic N) is 5. The maximum Gasteiger partial charge on any atom is 0.225 e. The minimum absolute atomic E-state index is 0.575. The van der Waals surface area contributed by atoms with Crippen molar-refractivity contribution in [2.24, 2.45) is 0 Å². The molecule has 2 aromatic rings. The number of nitrogens with one attached hydrogen (secondary N) is 1. The van der Waals surface area contributed by atoms with E-state index in [0.717, 1.165) is 49.5 Å². The number of aryl methyl sites for hydroxylation is 1. The number of anilines is 3. The fourth-order valence-electron chi connectivity index (χ4n) is 2.89. The highest BCUT2D eigenvalue weighted by Crippen LogP contribution is 2.25. The first-order valence-electron chi connectivity index (χ1n) is 8.31. The molecule has 0 radical (unpaired) electrons. The topological polar surface area (TPSA) is 57.2 Å². The minimum Gasteiger partial charge on any atom is -0.353 e. The quantitative estimate of drug-likeness (QED) is 0.933. The van der Waals surface area contributed by atoms with Gasteiger partial charge in [0.1, 0.15) is 11.6 Å². The standard InChI is InChI=1S/C17H22N6/c1-13-12-16(21-17(19-13)20-14-5-6-14)23-10-8-22(9-11-23)15-4-2-3-7-18-15/h2-4,7,12,14H,5-6,8-11H2,1H3,(H,19,20,21). The van der Waals surface area contributed by atoms with Gasteiger partial charge >= 0.3 is 0 Å². The van der Waals surface area contributed by atoms with Crippen molar-refractivity contribution >= 4 is 17.6 Å². The van der Waals surface area contributed by atoms with Crippen LogP contribution in [0.25, 0.3) is 0 Å². The monoisotopic (exact) mass is 310 g/mol. The summed E-state index contributed by atoms with van der Waals surface area (Å²) in [6, 6.07) is 8.72. The van der Waals surface area contributed by atoms with E-state index in [2.05, 4.69) is 37.2 Å². The first-order valence-corrected chi connectivity index (χ1v) is 8.31. The maximum atomic E-state index is 4.70. The van der Waals surface area contributed by atoms with Crippen molar-refractivity contribution in [2.45, 2.75) is 25.8 Å². The summed E-state index contributed by atoms with van der Waals surface area (Å²) in [5, 5.41) is 3.40. The molecule has 0 unspecified atom stereocenters. The minimum atomic E-state index is 0.575. The van der Waals surface area contributed by atoms with Gasteiger partial charge in [-0.25, -0.2) is 9.97 Å². The van der Waals surface area contributed by atoms with E-state index in [1.165, 1.54) is 12.8 Å². The lowest BCUT2D eigenvalue weighted by Crippen LogP contribution is -2.47. The summed E-state index contributed by atoms with van der Waals surface area (Å²) in [7, 11) is 0. The maximum absolute atomic E-state index is 4.70. The normalized spacial score (nSPS) is 18.1. The van der Waals surface area contributed by atoms with Crippen molar-refractivity contribution in [3.05, 3.63) is 36.2 Å². The molecule has 1 aliphatic heterocycles. The van der Waals surface area contributed by atoms with E-state index in [1.807, 2.05) is 25.3 Å². The first kappa shape index (κ1) is 14.2. The number of pyridine rings is 1. The van der Waals surface area contributed by atoms with Gasteiger partial charge in [0.2, 0.25) is 5.95 Å². The third-order valence-corrected chi connectivity index (χ3v) is 4.33. The number of aromatic nitrogens is 3. The fourth-order valence-corrected chi connectivity index (χ4v) is 2.89. The van der Waals surface area contributed by atoms with Crippen molar-refractivity contribution in [3.63, 3.8) is 0 Å². The van der Waals surface area contributed by atoms with Crippen LogP contribution >= 0.6 is 0 Å². The second kappa shape index (κ2) is 6.02. The molecular weight excluding hydrogens is 288 g/mol. The van der Waals surface area contributed by atoms with Gasteiger partial charge in [-0.3, -0.25) is 0 Å². The number of rotatable bonds is 4. The van der Waals surface area contributed by atoms with Crippen molar-refractivity contribution in [3.8, 4) is 0 Å². The molecule has 1 saturated heterocycles. The van der Waals surface area contributed by atoms with E-state index in [-0.39, 0.29) is 0 Å². The van der Waals surface area contributed by atoms with E-state index >= 15 is 0 Å². The van der Waals surface area contributed by atoms with Gasteiger partial charge in [0.25, 0.3) is 0 Å². The second-order valence-electron chi connectivity index (χ2n) is 6.27. The SMILES string of the molecule is Cc1cc(N2CCN(c3ccccn3)CC2)nc(NC2CC2)n1. The van der Waals surface area contributed by atoms with Gasteiger partial charge in [-0.1, -0.05) is 6.07 Å². The summed E-state index contributed by atoms with van der Waals surface area (Å²) in [5.74, 6) is 2.86. The van der Waals surface area contributed by atoms with Gasteiger partial charge in [-0.15, -0.1) is 0 Å². The smallest absolute Gasteiger partial charge is 0.225 e. The van der Waals surface area contributed by atoms with Crippen LogP contribution in [0.2, 0.25) is 0 Å². The van der Waals surface area contributed by atoms with Crippen LogP contribution in [0.1, 0.15) is 18.5 Å². The van der Waals surface area contributed by atoms with Crippen LogP contribution in [-0.2, 0) is 0 Å². The Bertz CT molecular complexity index is 662. The van der Waals surface area contributed by atoms with Gasteiger partial charge in [-0.2, -0.15) is 4.98 Å². The molecule has 0 amide bonds. The zero-order chi connectivity index (χ0) is 15.6. The van der Waals surface area contributed by atoms with Crippen LogP contribution in [0, 0.1) is 6.92 Å². The number of piperazine rings is 1. The zero-order valence-electron chi connectivity index (χ0n) is 13.4. The predicted molar refractivity (Wildman–Crippen MR) is 92.1 cm³/mol. The molecule has 1 aliphatic carbocycles. The lowest BCUT2D eigenvalue weighted by molar-refractivity contribution is 0.641. The third-order valence-electron chi connectivity index (χ3n) is 4.33. The highest BCUT2D eigenvalue weighted by Gasteiger charge is 2.23. The average molecular weight is 310 g/mol. The van der Waals surface area contributed by atoms with Gasteiger partial charge < -0.3 is 15.1 Å². The van der Waals surface area contributed by atoms with Gasteiger partial charge in [-0.05, 0) is 31.9 Å². The van der Waals surface area contributed by atoms with E-state index in [1.54, 1.807) is 0 Å². The Morgan fingerprint density at radius 1 is 1.00 bits per heavy atom. The van der Waals surface area contributed by atoms with Crippen LogP contribution in [0.3, 0.4) is 0 Å². The zero-order valence-corrected chi connectivity index (χ0v) is 13.4. The molecule has 2 aromatic heterocycles. The Morgan fingerprint density at radius 2 is 1.74 bits per heavy atom. The molecule has 0 bridgehead atoms. The van der Waals surface area contributed by atoms with Crippen molar-refractivity contribution in [1.82, 2.24) is 15.0 Å². The molecule has 2 aliphatic rings. The summed E-state index contributed by atoms with van der Waals surface area (Å²) in [4.78, 5) is 18.3. The van der Waals surface area contributed by atoms with Crippen LogP contribution < -0.4 is 15.1 Å². The number of hydrogen-bond acceptors (Lipinski definition) is 6. The van der Waals surface area contributed by atoms with Crippen LogP contribution in [0.5, 0.6) is 0 Å². The molecule has 1 N–H and O–H groups in total. The van der Waals surface area contributed by atoms with Crippen molar-refractivity contribution in [2.75, 3.05) is 41.3 Å². The second-order valence-corrected chi connectivity index (χ2v) is 6.27. The summed E-state index contributed by atoms with van der Waals surface area (Å²) >= 11 is 0. The predicted octanol–water partition coefficient (Wildman–Crippen LogP) is 2.08. The Morgan fingerprint density at radius 3 is 2.39 bits per heavy atom. The lowest BCUT2D eigenvalue weighted by atomic mass is 10.3. The molecule has 1 saturated carbocycles. The van der Waals surface area contributed by atoms with Gasteiger partial charge in [0, 0.05) is 50.2 Å². The highest BCUT2D eigenvalue weighted by atomic mass is 15.3. The molecule has 0 atom stereocenters. The number of hydrogen-bond donors (Lipinski definition) is 1. The summed E-state index contributed by atoms with van der Waals surface area (Å²) in [5.41, 5.74) is 1.02. The Kier molecular flexibility index (Phi) is 3.73. The van der Waals surface area contributed by atoms with Crippen molar-refractivity contribution < 1.29 is 0 Å². The van der Waals surface area contributed by atoms with E-state index < -0.39 is 0 Å². The molecule has 0 spiro atoms. The van der Waals surface area contributed by atoms with E-state index in [9.17, 15) is 0 Å². The Hall–Kier alpha value is -2.37. The molecule has 6 heteroatoms. The molecule has 4 rings (SSSR count). The lowest BCUT2D eigenvalue weighted by Gasteiger charge is -2.36. The highest BCUT2D eigenvalue weighted by molar-refractivity contribution is 5.48. The fraction of sp³-hybridized carbons (Fsp3) is 0.471. The van der Waals surface area contributed by atoms with Gasteiger partial charge in [0.15, 0.2) is 0 Å². The summed E-state index contributed by atoms with van der Waals surface area (Å²) < 4.78 is 0. The third kappa shape index (κ3) is 3.36. The van der Waals surface area contributed by atoms with Crippen molar-refractivity contribution in [1.29, 1.82) is 0 Å². The first-order chi connectivity index (χ1) is 11.3. The van der Waals surface area contributed by atoms with Crippen LogP contribution in [0.4, 0.5) is 17.6 Å². The van der Waals surface area contributed by atoms with E-state index in [0.29, 0.717) is 6.04 Å². The molecule has 0 aromatic carbocycles. The molecule has 6 nitrogen and oxygen atoms in total. The molecule has 23 heavy (non-hydrogen) atoms. The van der Waals surface area contributed by atoms with E-state index in [4.69, 9.17) is 4.98 Å². The molecule has 2 fully saturated rings. The Labute approximate surface area is 136 Å². The van der Waals surface area contributed by atoms with Crippen LogP contribution in [0.15, 0.2) is 30.5 Å².